The van der Waals surface area contributed by atoms with Crippen LogP contribution in [-0.2, 0) is 4.74 Å². The Morgan fingerprint density at radius 2 is 1.93 bits per heavy atom. The van der Waals surface area contributed by atoms with Crippen LogP contribution in [0.4, 0.5) is 0 Å². The van der Waals surface area contributed by atoms with Gasteiger partial charge in [-0.2, -0.15) is 0 Å². The van der Waals surface area contributed by atoms with Gasteiger partial charge in [0.1, 0.15) is 11.2 Å². The predicted octanol–water partition coefficient (Wildman–Crippen LogP) is 1.43. The summed E-state index contributed by atoms with van der Waals surface area (Å²) in [6.07, 6.45) is 3.57. The van der Waals surface area contributed by atoms with E-state index in [1.807, 2.05) is 24.0 Å². The summed E-state index contributed by atoms with van der Waals surface area (Å²) in [6, 6.07) is 5.84. The molecule has 2 aliphatic rings. The Hall–Kier alpha value is -2.25. The lowest BCUT2D eigenvalue weighted by molar-refractivity contribution is -0.0209. The molecule has 2 aromatic heterocycles. The maximum absolute atomic E-state index is 13.2. The third-order valence-electron chi connectivity index (χ3n) is 6.49. The number of fused-ring (bicyclic) bond motifs is 2. The molecule has 0 spiro atoms. The third-order valence-corrected chi connectivity index (χ3v) is 6.49. The van der Waals surface area contributed by atoms with Crippen LogP contribution in [0.2, 0.25) is 0 Å². The summed E-state index contributed by atoms with van der Waals surface area (Å²) in [6.45, 7) is 3.22. The van der Waals surface area contributed by atoms with Crippen molar-refractivity contribution in [2.75, 3.05) is 34.3 Å². The van der Waals surface area contributed by atoms with Crippen molar-refractivity contribution in [3.8, 4) is 0 Å². The fourth-order valence-electron chi connectivity index (χ4n) is 4.94. The van der Waals surface area contributed by atoms with Gasteiger partial charge in [-0.15, -0.1) is 0 Å². The van der Waals surface area contributed by atoms with E-state index in [1.165, 1.54) is 10.6 Å². The number of methoxy groups -OCH3 is 1. The van der Waals surface area contributed by atoms with Crippen molar-refractivity contribution in [2.24, 2.45) is 11.8 Å². The van der Waals surface area contributed by atoms with E-state index in [-0.39, 0.29) is 23.1 Å². The Balaban J connectivity index is 1.59. The molecule has 3 heterocycles. The molecule has 150 valence electrons. The molecule has 1 amide bonds. The number of carbonyl (C=O) groups is 1. The van der Waals surface area contributed by atoms with Gasteiger partial charge in [0, 0.05) is 38.1 Å². The predicted molar refractivity (Wildman–Crippen MR) is 107 cm³/mol. The Morgan fingerprint density at radius 3 is 2.61 bits per heavy atom. The highest BCUT2D eigenvalue weighted by Gasteiger charge is 2.44. The summed E-state index contributed by atoms with van der Waals surface area (Å²) in [5, 5.41) is 0. The molecule has 4 rings (SSSR count). The SMILES string of the molecule is CO[C@@H]1C[C@H]2CN(C(=O)c3cnc4cccc(C)n4c3=O)C[C@H]2C[C@H]1N(C)C. The number of pyridine rings is 1. The van der Waals surface area contributed by atoms with E-state index in [1.54, 1.807) is 13.2 Å². The van der Waals surface area contributed by atoms with E-state index in [0.717, 1.165) is 18.5 Å². The molecule has 7 heteroatoms. The maximum Gasteiger partial charge on any atom is 0.270 e. The number of likely N-dealkylation sites (tertiary alicyclic amines) is 1. The quantitative estimate of drug-likeness (QED) is 0.801. The van der Waals surface area contributed by atoms with Crippen LogP contribution in [0.25, 0.3) is 5.65 Å². The average molecular weight is 384 g/mol. The monoisotopic (exact) mass is 384 g/mol. The molecule has 1 saturated heterocycles. The lowest BCUT2D eigenvalue weighted by atomic mass is 9.77. The third kappa shape index (κ3) is 3.12. The van der Waals surface area contributed by atoms with Crippen molar-refractivity contribution in [3.63, 3.8) is 0 Å². The summed E-state index contributed by atoms with van der Waals surface area (Å²) in [7, 11) is 5.93. The molecule has 2 fully saturated rings. The second-order valence-electron chi connectivity index (χ2n) is 8.34. The molecule has 0 aromatic carbocycles. The van der Waals surface area contributed by atoms with Crippen molar-refractivity contribution >= 4 is 11.6 Å². The Bertz CT molecular complexity index is 954. The molecule has 0 radical (unpaired) electrons. The van der Waals surface area contributed by atoms with Crippen LogP contribution in [0.3, 0.4) is 0 Å². The van der Waals surface area contributed by atoms with Crippen LogP contribution in [0.5, 0.6) is 0 Å². The zero-order valence-corrected chi connectivity index (χ0v) is 17.0. The molecule has 0 bridgehead atoms. The van der Waals surface area contributed by atoms with Crippen molar-refractivity contribution in [2.45, 2.75) is 31.9 Å². The van der Waals surface area contributed by atoms with Crippen LogP contribution < -0.4 is 5.56 Å². The topological polar surface area (TPSA) is 67.2 Å². The van der Waals surface area contributed by atoms with Crippen molar-refractivity contribution in [1.29, 1.82) is 0 Å². The van der Waals surface area contributed by atoms with E-state index < -0.39 is 0 Å². The molecule has 7 nitrogen and oxygen atoms in total. The van der Waals surface area contributed by atoms with Crippen LogP contribution in [0.1, 0.15) is 28.9 Å². The second-order valence-corrected chi connectivity index (χ2v) is 8.34. The lowest BCUT2D eigenvalue weighted by Gasteiger charge is -2.40. The molecule has 2 aromatic rings. The van der Waals surface area contributed by atoms with Gasteiger partial charge < -0.3 is 14.5 Å². The highest BCUT2D eigenvalue weighted by molar-refractivity contribution is 5.94. The Kier molecular flexibility index (Phi) is 4.97. The first-order chi connectivity index (χ1) is 13.4. The molecule has 1 saturated carbocycles. The number of ether oxygens (including phenoxy) is 1. The number of likely N-dealkylation sites (N-methyl/N-ethyl adjacent to an activating group) is 1. The summed E-state index contributed by atoms with van der Waals surface area (Å²) in [5.41, 5.74) is 1.20. The molecular weight excluding hydrogens is 356 g/mol. The van der Waals surface area contributed by atoms with Gasteiger partial charge in [-0.05, 0) is 57.8 Å². The van der Waals surface area contributed by atoms with Gasteiger partial charge in [0.05, 0.1) is 6.10 Å². The molecule has 0 N–H and O–H groups in total. The van der Waals surface area contributed by atoms with Gasteiger partial charge in [-0.3, -0.25) is 14.0 Å². The molecule has 1 aliphatic carbocycles. The number of hydrogen-bond acceptors (Lipinski definition) is 5. The number of hydrogen-bond donors (Lipinski definition) is 0. The number of carbonyl (C=O) groups excluding carboxylic acids is 1. The molecular formula is C21H28N4O3. The van der Waals surface area contributed by atoms with Gasteiger partial charge in [0.2, 0.25) is 0 Å². The van der Waals surface area contributed by atoms with E-state index >= 15 is 0 Å². The number of aromatic nitrogens is 2. The van der Waals surface area contributed by atoms with Crippen molar-refractivity contribution < 1.29 is 9.53 Å². The number of aryl methyl sites for hydroxylation is 1. The first kappa shape index (κ1) is 19.1. The molecule has 0 unspecified atom stereocenters. The van der Waals surface area contributed by atoms with Crippen LogP contribution in [-0.4, -0.2) is 71.5 Å². The fourth-order valence-corrected chi connectivity index (χ4v) is 4.94. The van der Waals surface area contributed by atoms with Crippen LogP contribution >= 0.6 is 0 Å². The fraction of sp³-hybridized carbons (Fsp3) is 0.571. The summed E-state index contributed by atoms with van der Waals surface area (Å²) in [5.74, 6) is 0.656. The highest BCUT2D eigenvalue weighted by Crippen LogP contribution is 2.39. The van der Waals surface area contributed by atoms with E-state index in [9.17, 15) is 9.59 Å². The molecule has 1 aliphatic heterocycles. The van der Waals surface area contributed by atoms with E-state index in [4.69, 9.17) is 4.74 Å². The van der Waals surface area contributed by atoms with Crippen molar-refractivity contribution in [1.82, 2.24) is 19.2 Å². The minimum atomic E-state index is -0.288. The smallest absolute Gasteiger partial charge is 0.270 e. The second kappa shape index (κ2) is 7.29. The summed E-state index contributed by atoms with van der Waals surface area (Å²) < 4.78 is 7.24. The maximum atomic E-state index is 13.2. The summed E-state index contributed by atoms with van der Waals surface area (Å²) in [4.78, 5) is 34.5. The zero-order chi connectivity index (χ0) is 20.0. The zero-order valence-electron chi connectivity index (χ0n) is 17.0. The van der Waals surface area contributed by atoms with Gasteiger partial charge >= 0.3 is 0 Å². The highest BCUT2D eigenvalue weighted by atomic mass is 16.5. The molecule has 4 atom stereocenters. The Morgan fingerprint density at radius 1 is 1.21 bits per heavy atom. The first-order valence-corrected chi connectivity index (χ1v) is 9.86. The summed E-state index contributed by atoms with van der Waals surface area (Å²) >= 11 is 0. The Labute approximate surface area is 164 Å². The van der Waals surface area contributed by atoms with Crippen molar-refractivity contribution in [3.05, 3.63) is 46.0 Å². The van der Waals surface area contributed by atoms with Crippen LogP contribution in [0.15, 0.2) is 29.2 Å². The lowest BCUT2D eigenvalue weighted by Crippen LogP contribution is -2.47. The van der Waals surface area contributed by atoms with Gasteiger partial charge in [0.15, 0.2) is 0 Å². The normalized spacial score (nSPS) is 27.4. The average Bonchev–Trinajstić information content (AvgIpc) is 3.09. The number of nitrogens with zero attached hydrogens (tertiary/aromatic N) is 4. The van der Waals surface area contributed by atoms with Gasteiger partial charge in [-0.25, -0.2) is 4.98 Å². The van der Waals surface area contributed by atoms with Crippen LogP contribution in [0, 0.1) is 18.8 Å². The standard InChI is InChI=1S/C21H28N4O3/c1-13-6-5-7-19-22-10-16(21(27)25(13)19)20(26)24-11-14-8-17(23(2)3)18(28-4)9-15(14)12-24/h5-7,10,14-15,17-18H,8-9,11-12H2,1-4H3/t14-,15+,17-,18-/m1/s1. The minimum absolute atomic E-state index is 0.151. The number of rotatable bonds is 3. The van der Waals surface area contributed by atoms with E-state index in [0.29, 0.717) is 36.6 Å². The first-order valence-electron chi connectivity index (χ1n) is 9.86. The van der Waals surface area contributed by atoms with Gasteiger partial charge in [-0.1, -0.05) is 6.07 Å². The van der Waals surface area contributed by atoms with E-state index in [2.05, 4.69) is 24.0 Å². The molecule has 28 heavy (non-hydrogen) atoms. The number of amides is 1. The largest absolute Gasteiger partial charge is 0.380 e. The minimum Gasteiger partial charge on any atom is -0.380 e. The van der Waals surface area contributed by atoms with Gasteiger partial charge in [0.25, 0.3) is 11.5 Å².